The van der Waals surface area contributed by atoms with Crippen LogP contribution < -0.4 is 14.2 Å². The molecule has 1 aromatic carbocycles. The van der Waals surface area contributed by atoms with Gasteiger partial charge in [-0.3, -0.25) is 4.79 Å². The second-order valence-electron chi connectivity index (χ2n) is 6.10. The third-order valence-corrected chi connectivity index (χ3v) is 5.75. The Balaban J connectivity index is 1.88. The number of benzene rings is 1. The fourth-order valence-electron chi connectivity index (χ4n) is 2.85. The van der Waals surface area contributed by atoms with Crippen molar-refractivity contribution in [1.29, 1.82) is 0 Å². The number of hydrogen-bond acceptors (Lipinski definition) is 5. The lowest BCUT2D eigenvalue weighted by Gasteiger charge is -2.17. The fourth-order valence-corrected chi connectivity index (χ4v) is 3.55. The first-order valence-electron chi connectivity index (χ1n) is 8.34. The number of nitrogens with one attached hydrogen (secondary N) is 1. The van der Waals surface area contributed by atoms with E-state index in [2.05, 4.69) is 4.72 Å². The Kier molecular flexibility index (Phi) is 6.66. The van der Waals surface area contributed by atoms with Crippen LogP contribution in [0.5, 0.6) is 11.5 Å². The number of nitrogens with zero attached hydrogens (tertiary/aromatic N) is 1. The van der Waals surface area contributed by atoms with Crippen molar-refractivity contribution in [2.24, 2.45) is 5.92 Å². The van der Waals surface area contributed by atoms with Crippen molar-refractivity contribution in [2.75, 3.05) is 39.6 Å². The van der Waals surface area contributed by atoms with E-state index >= 15 is 0 Å². The van der Waals surface area contributed by atoms with Crippen molar-refractivity contribution >= 4 is 15.9 Å². The molecular weight excluding hydrogens is 344 g/mol. The summed E-state index contributed by atoms with van der Waals surface area (Å²) < 4.78 is 36.1. The minimum atomic E-state index is -3.22. The van der Waals surface area contributed by atoms with Crippen LogP contribution in [0.1, 0.15) is 18.9 Å². The molecule has 1 saturated heterocycles. The summed E-state index contributed by atoms with van der Waals surface area (Å²) in [6.07, 6.45) is 1.09. The van der Waals surface area contributed by atoms with E-state index in [-0.39, 0.29) is 17.6 Å². The lowest BCUT2D eigenvalue weighted by molar-refractivity contribution is -0.127. The summed E-state index contributed by atoms with van der Waals surface area (Å²) in [5.74, 6) is 1.49. The van der Waals surface area contributed by atoms with Crippen LogP contribution in [0.3, 0.4) is 0 Å². The molecule has 1 unspecified atom stereocenters. The molecule has 0 saturated carbocycles. The first-order chi connectivity index (χ1) is 11.9. The number of hydrogen-bond donors (Lipinski definition) is 1. The molecule has 1 heterocycles. The quantitative estimate of drug-likeness (QED) is 0.702. The summed E-state index contributed by atoms with van der Waals surface area (Å²) >= 11 is 0. The van der Waals surface area contributed by atoms with Gasteiger partial charge in [0.2, 0.25) is 15.9 Å². The molecule has 2 rings (SSSR count). The predicted octanol–water partition coefficient (Wildman–Crippen LogP) is 1.03. The average molecular weight is 370 g/mol. The molecule has 1 fully saturated rings. The van der Waals surface area contributed by atoms with Gasteiger partial charge in [0.1, 0.15) is 0 Å². The SMILES string of the molecule is CCS(=O)(=O)NCC1CC(=O)N(CCc2ccc(OC)c(OC)c2)C1. The van der Waals surface area contributed by atoms with Crippen LogP contribution in [-0.4, -0.2) is 58.8 Å². The number of likely N-dealkylation sites (tertiary alicyclic amines) is 1. The number of sulfonamides is 1. The van der Waals surface area contributed by atoms with E-state index in [0.717, 1.165) is 5.56 Å². The molecule has 1 atom stereocenters. The highest BCUT2D eigenvalue weighted by Gasteiger charge is 2.29. The number of carbonyl (C=O) groups excluding carboxylic acids is 1. The van der Waals surface area contributed by atoms with Gasteiger partial charge in [-0.25, -0.2) is 13.1 Å². The normalized spacial score (nSPS) is 17.8. The summed E-state index contributed by atoms with van der Waals surface area (Å²) in [6.45, 7) is 3.09. The molecule has 8 heteroatoms. The maximum atomic E-state index is 12.1. The molecule has 0 spiro atoms. The zero-order chi connectivity index (χ0) is 18.4. The van der Waals surface area contributed by atoms with Crippen molar-refractivity contribution in [3.05, 3.63) is 23.8 Å². The Bertz CT molecular complexity index is 705. The van der Waals surface area contributed by atoms with Gasteiger partial charge in [-0.1, -0.05) is 6.07 Å². The highest BCUT2D eigenvalue weighted by molar-refractivity contribution is 7.89. The molecule has 7 nitrogen and oxygen atoms in total. The first kappa shape index (κ1) is 19.5. The third-order valence-electron chi connectivity index (χ3n) is 4.38. The predicted molar refractivity (Wildman–Crippen MR) is 95.4 cm³/mol. The van der Waals surface area contributed by atoms with Crippen LogP contribution in [0.15, 0.2) is 18.2 Å². The Morgan fingerprint density at radius 1 is 1.24 bits per heavy atom. The number of ether oxygens (including phenoxy) is 2. The Morgan fingerprint density at radius 3 is 2.60 bits per heavy atom. The molecule has 0 radical (unpaired) electrons. The van der Waals surface area contributed by atoms with Gasteiger partial charge >= 0.3 is 0 Å². The first-order valence-corrected chi connectivity index (χ1v) is 9.99. The topological polar surface area (TPSA) is 84.9 Å². The molecule has 1 aromatic rings. The molecule has 1 N–H and O–H groups in total. The number of methoxy groups -OCH3 is 2. The van der Waals surface area contributed by atoms with E-state index in [1.807, 2.05) is 18.2 Å². The smallest absolute Gasteiger partial charge is 0.222 e. The maximum absolute atomic E-state index is 12.1. The van der Waals surface area contributed by atoms with Crippen LogP contribution in [0.4, 0.5) is 0 Å². The van der Waals surface area contributed by atoms with E-state index in [9.17, 15) is 13.2 Å². The molecular formula is C17H26N2O5S. The molecule has 0 bridgehead atoms. The Labute approximate surface area is 149 Å². The lowest BCUT2D eigenvalue weighted by atomic mass is 10.1. The summed E-state index contributed by atoms with van der Waals surface area (Å²) in [6, 6.07) is 5.71. The van der Waals surface area contributed by atoms with E-state index in [0.29, 0.717) is 44.0 Å². The minimum absolute atomic E-state index is 0.0271. The number of rotatable bonds is 9. The van der Waals surface area contributed by atoms with Crippen LogP contribution in [0.2, 0.25) is 0 Å². The summed E-state index contributed by atoms with van der Waals surface area (Å²) in [7, 11) is -0.0356. The zero-order valence-corrected chi connectivity index (χ0v) is 15.8. The van der Waals surface area contributed by atoms with E-state index in [4.69, 9.17) is 9.47 Å². The average Bonchev–Trinajstić information content (AvgIpc) is 2.98. The van der Waals surface area contributed by atoms with E-state index in [1.54, 1.807) is 26.0 Å². The van der Waals surface area contributed by atoms with Gasteiger partial charge in [-0.15, -0.1) is 0 Å². The van der Waals surface area contributed by atoms with Gasteiger partial charge in [0, 0.05) is 26.1 Å². The van der Waals surface area contributed by atoms with Crippen molar-refractivity contribution < 1.29 is 22.7 Å². The summed E-state index contributed by atoms with van der Waals surface area (Å²) in [5.41, 5.74) is 1.06. The largest absolute Gasteiger partial charge is 0.493 e. The van der Waals surface area contributed by atoms with Crippen LogP contribution in [0.25, 0.3) is 0 Å². The van der Waals surface area contributed by atoms with Crippen LogP contribution in [-0.2, 0) is 21.2 Å². The Hall–Kier alpha value is -1.80. The van der Waals surface area contributed by atoms with Gasteiger partial charge in [0.05, 0.1) is 20.0 Å². The maximum Gasteiger partial charge on any atom is 0.222 e. The number of amides is 1. The van der Waals surface area contributed by atoms with Gasteiger partial charge in [0.25, 0.3) is 0 Å². The van der Waals surface area contributed by atoms with Crippen molar-refractivity contribution in [3.63, 3.8) is 0 Å². The monoisotopic (exact) mass is 370 g/mol. The zero-order valence-electron chi connectivity index (χ0n) is 14.9. The Morgan fingerprint density at radius 2 is 1.96 bits per heavy atom. The fraction of sp³-hybridized carbons (Fsp3) is 0.588. The van der Waals surface area contributed by atoms with Crippen molar-refractivity contribution in [1.82, 2.24) is 9.62 Å². The van der Waals surface area contributed by atoms with E-state index in [1.165, 1.54) is 0 Å². The molecule has 1 aliphatic heterocycles. The van der Waals surface area contributed by atoms with Crippen LogP contribution in [0, 0.1) is 5.92 Å². The second kappa shape index (κ2) is 8.53. The summed E-state index contributed by atoms with van der Waals surface area (Å²) in [4.78, 5) is 13.9. The standard InChI is InChI=1S/C17H26N2O5S/c1-4-25(21,22)18-11-14-10-17(20)19(12-14)8-7-13-5-6-15(23-2)16(9-13)24-3/h5-6,9,14,18H,4,7-8,10-12H2,1-3H3. The van der Waals surface area contributed by atoms with Crippen LogP contribution >= 0.6 is 0 Å². The van der Waals surface area contributed by atoms with Crippen molar-refractivity contribution in [3.8, 4) is 11.5 Å². The van der Waals surface area contributed by atoms with E-state index < -0.39 is 10.0 Å². The molecule has 25 heavy (non-hydrogen) atoms. The molecule has 1 amide bonds. The molecule has 0 aromatic heterocycles. The number of carbonyl (C=O) groups is 1. The van der Waals surface area contributed by atoms with Crippen molar-refractivity contribution in [2.45, 2.75) is 19.8 Å². The van der Waals surface area contributed by atoms with Gasteiger partial charge in [-0.05, 0) is 37.0 Å². The highest BCUT2D eigenvalue weighted by atomic mass is 32.2. The molecule has 140 valence electrons. The van der Waals surface area contributed by atoms with Gasteiger partial charge < -0.3 is 14.4 Å². The molecule has 0 aliphatic carbocycles. The molecule has 1 aliphatic rings. The lowest BCUT2D eigenvalue weighted by Crippen LogP contribution is -2.32. The third kappa shape index (κ3) is 5.34. The second-order valence-corrected chi connectivity index (χ2v) is 8.20. The van der Waals surface area contributed by atoms with Gasteiger partial charge in [-0.2, -0.15) is 0 Å². The van der Waals surface area contributed by atoms with Gasteiger partial charge in [0.15, 0.2) is 11.5 Å². The summed E-state index contributed by atoms with van der Waals surface area (Å²) in [5, 5.41) is 0. The highest BCUT2D eigenvalue weighted by Crippen LogP contribution is 2.28. The minimum Gasteiger partial charge on any atom is -0.493 e.